The number of piperidine rings is 1. The molecule has 4 aromatic rings. The lowest BCUT2D eigenvalue weighted by molar-refractivity contribution is 0.398. The maximum absolute atomic E-state index is 14.9. The van der Waals surface area contributed by atoms with Crippen LogP contribution in [0.1, 0.15) is 38.3 Å². The molecule has 2 aliphatic heterocycles. The summed E-state index contributed by atoms with van der Waals surface area (Å²) in [6.45, 7) is 5.03. The molecule has 10 nitrogen and oxygen atoms in total. The Balaban J connectivity index is 1.16. The summed E-state index contributed by atoms with van der Waals surface area (Å²) in [4.78, 5) is 22.9. The van der Waals surface area contributed by atoms with Crippen molar-refractivity contribution in [2.24, 2.45) is 5.92 Å². The second-order valence-electron chi connectivity index (χ2n) is 10.5. The number of benzene rings is 1. The fraction of sp³-hybridized carbons (Fsp3) is 0.444. The number of halogens is 1. The first-order valence-corrected chi connectivity index (χ1v) is 15.2. The zero-order valence-corrected chi connectivity index (χ0v) is 22.8. The molecular formula is C27H31FN8O2S. The molecule has 1 atom stereocenters. The van der Waals surface area contributed by atoms with Crippen LogP contribution in [-0.2, 0) is 16.3 Å². The summed E-state index contributed by atoms with van der Waals surface area (Å²) in [6, 6.07) is 6.32. The molecule has 0 N–H and O–H groups in total. The smallest absolute Gasteiger partial charge is 0.227 e. The summed E-state index contributed by atoms with van der Waals surface area (Å²) in [5, 5.41) is 5.13. The first-order valence-electron chi connectivity index (χ1n) is 13.3. The topological polar surface area (TPSA) is 110 Å². The summed E-state index contributed by atoms with van der Waals surface area (Å²) in [7, 11) is -3.52. The third-order valence-electron chi connectivity index (χ3n) is 7.88. The van der Waals surface area contributed by atoms with E-state index in [0.717, 1.165) is 74.1 Å². The molecule has 0 saturated carbocycles. The van der Waals surface area contributed by atoms with Crippen LogP contribution >= 0.6 is 0 Å². The van der Waals surface area contributed by atoms with Crippen LogP contribution in [0, 0.1) is 11.7 Å². The molecule has 2 fully saturated rings. The highest BCUT2D eigenvalue weighted by atomic mass is 32.2. The maximum Gasteiger partial charge on any atom is 0.227 e. The van der Waals surface area contributed by atoms with E-state index in [-0.39, 0.29) is 10.6 Å². The molecule has 6 rings (SSSR count). The minimum atomic E-state index is -3.52. The van der Waals surface area contributed by atoms with Gasteiger partial charge in [0.15, 0.2) is 15.5 Å². The van der Waals surface area contributed by atoms with Crippen molar-refractivity contribution in [3.05, 3.63) is 54.5 Å². The maximum atomic E-state index is 14.9. The number of anilines is 2. The molecule has 3 aromatic heterocycles. The van der Waals surface area contributed by atoms with Crippen LogP contribution in [0.3, 0.4) is 0 Å². The van der Waals surface area contributed by atoms with Crippen molar-refractivity contribution in [2.75, 3.05) is 35.7 Å². The van der Waals surface area contributed by atoms with Crippen LogP contribution in [-0.4, -0.2) is 70.1 Å². The van der Waals surface area contributed by atoms with Crippen molar-refractivity contribution in [1.82, 2.24) is 29.7 Å². The number of fused-ring (bicyclic) bond motifs is 1. The molecule has 0 spiro atoms. The third-order valence-corrected chi connectivity index (χ3v) is 8.99. The fourth-order valence-corrected chi connectivity index (χ4v) is 6.29. The first kappa shape index (κ1) is 25.6. The van der Waals surface area contributed by atoms with Crippen molar-refractivity contribution >= 4 is 32.6 Å². The van der Waals surface area contributed by atoms with E-state index in [1.54, 1.807) is 6.20 Å². The van der Waals surface area contributed by atoms with E-state index in [0.29, 0.717) is 17.6 Å². The molecular weight excluding hydrogens is 519 g/mol. The van der Waals surface area contributed by atoms with E-state index < -0.39 is 15.7 Å². The van der Waals surface area contributed by atoms with Crippen LogP contribution in [0.15, 0.2) is 47.9 Å². The summed E-state index contributed by atoms with van der Waals surface area (Å²) in [6.07, 6.45) is 11.2. The van der Waals surface area contributed by atoms with Gasteiger partial charge in [-0.2, -0.15) is 10.1 Å². The Bertz CT molecular complexity index is 1620. The predicted octanol–water partition coefficient (Wildman–Crippen LogP) is 3.60. The minimum absolute atomic E-state index is 0.0791. The number of hydrogen-bond donors (Lipinski definition) is 0. The Morgan fingerprint density at radius 1 is 1.05 bits per heavy atom. The lowest BCUT2D eigenvalue weighted by atomic mass is 9.91. The van der Waals surface area contributed by atoms with Gasteiger partial charge in [-0.3, -0.25) is 0 Å². The molecule has 2 saturated heterocycles. The van der Waals surface area contributed by atoms with Gasteiger partial charge in [0.25, 0.3) is 0 Å². The molecule has 5 heterocycles. The Morgan fingerprint density at radius 2 is 1.87 bits per heavy atom. The standard InChI is InChI=1S/C27H31FN8O2S/c1-18-4-3-11-35(18)25-7-10-29-27(33-25)34-12-8-19(9-13-34)14-23-21-16-32-36(26(21)31-17-30-23)24-6-5-20(15-22(24)28)39(2,37)38/h5-7,10,15-19H,3-4,8-9,11-14H2,1-2H3. The predicted molar refractivity (Wildman–Crippen MR) is 146 cm³/mol. The number of hydrogen-bond acceptors (Lipinski definition) is 9. The zero-order valence-electron chi connectivity index (χ0n) is 22.0. The van der Waals surface area contributed by atoms with Crippen LogP contribution in [0.4, 0.5) is 16.2 Å². The van der Waals surface area contributed by atoms with Crippen molar-refractivity contribution in [3.63, 3.8) is 0 Å². The van der Waals surface area contributed by atoms with E-state index in [2.05, 4.69) is 36.8 Å². The first-order chi connectivity index (χ1) is 18.8. The van der Waals surface area contributed by atoms with Gasteiger partial charge in [0.1, 0.15) is 23.6 Å². The van der Waals surface area contributed by atoms with Gasteiger partial charge >= 0.3 is 0 Å². The highest BCUT2D eigenvalue weighted by Gasteiger charge is 2.26. The fourth-order valence-electron chi connectivity index (χ4n) is 5.66. The average molecular weight is 551 g/mol. The normalized spacial score (nSPS) is 18.8. The van der Waals surface area contributed by atoms with Gasteiger partial charge in [-0.1, -0.05) is 0 Å². The molecule has 12 heteroatoms. The van der Waals surface area contributed by atoms with Crippen molar-refractivity contribution in [2.45, 2.75) is 50.0 Å². The lowest BCUT2D eigenvalue weighted by Crippen LogP contribution is -2.36. The Labute approximate surface area is 226 Å². The Morgan fingerprint density at radius 3 is 2.59 bits per heavy atom. The Kier molecular flexibility index (Phi) is 6.66. The van der Waals surface area contributed by atoms with Gasteiger partial charge in [0, 0.05) is 38.1 Å². The molecule has 1 aromatic carbocycles. The molecule has 0 bridgehead atoms. The van der Waals surface area contributed by atoms with Gasteiger partial charge in [0.2, 0.25) is 5.95 Å². The highest BCUT2D eigenvalue weighted by molar-refractivity contribution is 7.90. The third kappa shape index (κ3) is 5.05. The summed E-state index contributed by atoms with van der Waals surface area (Å²) >= 11 is 0. The second kappa shape index (κ2) is 10.1. The van der Waals surface area contributed by atoms with Gasteiger partial charge < -0.3 is 9.80 Å². The number of aromatic nitrogens is 6. The largest absolute Gasteiger partial charge is 0.354 e. The van der Waals surface area contributed by atoms with Crippen molar-refractivity contribution < 1.29 is 12.8 Å². The number of nitrogens with zero attached hydrogens (tertiary/aromatic N) is 8. The van der Waals surface area contributed by atoms with E-state index in [9.17, 15) is 12.8 Å². The van der Waals surface area contributed by atoms with Gasteiger partial charge in [0.05, 0.1) is 22.2 Å². The van der Waals surface area contributed by atoms with Gasteiger partial charge in [-0.25, -0.2) is 32.4 Å². The molecule has 0 amide bonds. The zero-order chi connectivity index (χ0) is 27.1. The SMILES string of the molecule is CC1CCCN1c1ccnc(N2CCC(Cc3ncnc4c3cnn4-c3ccc(S(C)(=O)=O)cc3F)CC2)n1. The highest BCUT2D eigenvalue weighted by Crippen LogP contribution is 2.29. The number of sulfone groups is 1. The van der Waals surface area contributed by atoms with Crippen molar-refractivity contribution in [1.29, 1.82) is 0 Å². The van der Waals surface area contributed by atoms with Crippen LogP contribution in [0.5, 0.6) is 0 Å². The molecule has 1 unspecified atom stereocenters. The minimum Gasteiger partial charge on any atom is -0.354 e. The monoisotopic (exact) mass is 550 g/mol. The quantitative estimate of drug-likeness (QED) is 0.356. The van der Waals surface area contributed by atoms with E-state index >= 15 is 0 Å². The lowest BCUT2D eigenvalue weighted by Gasteiger charge is -2.32. The second-order valence-corrected chi connectivity index (χ2v) is 12.5. The molecule has 2 aliphatic rings. The van der Waals surface area contributed by atoms with E-state index in [1.807, 2.05) is 12.3 Å². The molecule has 0 aliphatic carbocycles. The summed E-state index contributed by atoms with van der Waals surface area (Å²) < 4.78 is 39.8. The van der Waals surface area contributed by atoms with Gasteiger partial charge in [-0.05, 0) is 69.2 Å². The van der Waals surface area contributed by atoms with E-state index in [1.165, 1.54) is 36.0 Å². The summed E-state index contributed by atoms with van der Waals surface area (Å²) in [5.74, 6) is 1.55. The molecule has 0 radical (unpaired) electrons. The van der Waals surface area contributed by atoms with Gasteiger partial charge in [-0.15, -0.1) is 0 Å². The molecule has 39 heavy (non-hydrogen) atoms. The number of rotatable bonds is 6. The molecule has 204 valence electrons. The summed E-state index contributed by atoms with van der Waals surface area (Å²) in [5.41, 5.74) is 1.50. The van der Waals surface area contributed by atoms with Crippen LogP contribution in [0.25, 0.3) is 16.7 Å². The van der Waals surface area contributed by atoms with E-state index in [4.69, 9.17) is 4.98 Å². The Hall–Kier alpha value is -3.67. The average Bonchev–Trinajstić information content (AvgIpc) is 3.55. The van der Waals surface area contributed by atoms with Crippen molar-refractivity contribution in [3.8, 4) is 5.69 Å². The van der Waals surface area contributed by atoms with Crippen LogP contribution in [0.2, 0.25) is 0 Å². The van der Waals surface area contributed by atoms with Crippen LogP contribution < -0.4 is 9.80 Å².